The normalized spacial score (nSPS) is 17.3. The number of nitrogens with zero attached hydrogens (tertiary/aromatic N) is 3. The van der Waals surface area contributed by atoms with Crippen molar-refractivity contribution in [3.8, 4) is 11.3 Å². The minimum atomic E-state index is -0.967. The fraction of sp³-hybridized carbons (Fsp3) is 0.294. The summed E-state index contributed by atoms with van der Waals surface area (Å²) >= 11 is 0. The molecule has 3 rings (SSSR count). The SMILES string of the molecule is Cc1ncc(C(=O)N2CCC[C@H]2C(=O)O)c(-c2ccccc2)n1. The topological polar surface area (TPSA) is 83.4 Å². The molecule has 2 heterocycles. The summed E-state index contributed by atoms with van der Waals surface area (Å²) in [5, 5.41) is 9.28. The van der Waals surface area contributed by atoms with Crippen molar-refractivity contribution in [2.75, 3.05) is 6.54 Å². The molecule has 1 atom stereocenters. The van der Waals surface area contributed by atoms with Gasteiger partial charge in [-0.25, -0.2) is 14.8 Å². The van der Waals surface area contributed by atoms with E-state index in [4.69, 9.17) is 0 Å². The second-order valence-corrected chi connectivity index (χ2v) is 5.54. The summed E-state index contributed by atoms with van der Waals surface area (Å²) in [6.45, 7) is 2.20. The molecule has 1 N–H and O–H groups in total. The van der Waals surface area contributed by atoms with Crippen LogP contribution in [0.15, 0.2) is 36.5 Å². The van der Waals surface area contributed by atoms with Crippen LogP contribution in [0.4, 0.5) is 0 Å². The lowest BCUT2D eigenvalue weighted by Gasteiger charge is -2.22. The molecule has 1 aromatic carbocycles. The van der Waals surface area contributed by atoms with E-state index in [0.717, 1.165) is 5.56 Å². The lowest BCUT2D eigenvalue weighted by atomic mass is 10.1. The van der Waals surface area contributed by atoms with Gasteiger partial charge in [0.15, 0.2) is 0 Å². The summed E-state index contributed by atoms with van der Waals surface area (Å²) in [5.41, 5.74) is 1.70. The molecule has 118 valence electrons. The van der Waals surface area contributed by atoms with Gasteiger partial charge in [0.25, 0.3) is 5.91 Å². The van der Waals surface area contributed by atoms with Crippen molar-refractivity contribution in [2.24, 2.45) is 0 Å². The molecular weight excluding hydrogens is 294 g/mol. The third-order valence-electron chi connectivity index (χ3n) is 3.99. The number of carbonyl (C=O) groups excluding carboxylic acids is 1. The molecule has 0 bridgehead atoms. The Balaban J connectivity index is 2.03. The lowest BCUT2D eigenvalue weighted by molar-refractivity contribution is -0.141. The van der Waals surface area contributed by atoms with Gasteiger partial charge in [0.05, 0.1) is 11.3 Å². The Labute approximate surface area is 133 Å². The average Bonchev–Trinajstić information content (AvgIpc) is 3.05. The molecular formula is C17H17N3O3. The first-order valence-corrected chi connectivity index (χ1v) is 7.51. The number of carboxylic acids is 1. The highest BCUT2D eigenvalue weighted by Gasteiger charge is 2.35. The van der Waals surface area contributed by atoms with Crippen LogP contribution in [0.1, 0.15) is 29.0 Å². The Morgan fingerprint density at radius 2 is 2.00 bits per heavy atom. The van der Waals surface area contributed by atoms with Gasteiger partial charge in [-0.05, 0) is 19.8 Å². The molecule has 1 saturated heterocycles. The maximum absolute atomic E-state index is 12.8. The predicted molar refractivity (Wildman–Crippen MR) is 83.9 cm³/mol. The molecule has 0 aliphatic carbocycles. The molecule has 0 radical (unpaired) electrons. The van der Waals surface area contributed by atoms with E-state index < -0.39 is 12.0 Å². The van der Waals surface area contributed by atoms with Gasteiger partial charge in [0, 0.05) is 18.3 Å². The number of carboxylic acid groups (broad SMARTS) is 1. The van der Waals surface area contributed by atoms with Crippen LogP contribution in [0.3, 0.4) is 0 Å². The van der Waals surface area contributed by atoms with E-state index in [0.29, 0.717) is 36.5 Å². The van der Waals surface area contributed by atoms with Gasteiger partial charge in [-0.3, -0.25) is 4.79 Å². The molecule has 1 fully saturated rings. The summed E-state index contributed by atoms with van der Waals surface area (Å²) in [4.78, 5) is 34.1. The van der Waals surface area contributed by atoms with E-state index in [1.54, 1.807) is 6.92 Å². The highest BCUT2D eigenvalue weighted by molar-refractivity contribution is 6.01. The Morgan fingerprint density at radius 1 is 1.26 bits per heavy atom. The molecule has 1 aliphatic rings. The van der Waals surface area contributed by atoms with Crippen LogP contribution in [-0.2, 0) is 4.79 Å². The minimum absolute atomic E-state index is 0.325. The number of aryl methyl sites for hydroxylation is 1. The number of rotatable bonds is 3. The molecule has 0 saturated carbocycles. The molecule has 23 heavy (non-hydrogen) atoms. The molecule has 1 aromatic heterocycles. The molecule has 1 aliphatic heterocycles. The van der Waals surface area contributed by atoms with Crippen molar-refractivity contribution >= 4 is 11.9 Å². The number of aromatic nitrogens is 2. The number of benzene rings is 1. The Morgan fingerprint density at radius 3 is 2.70 bits per heavy atom. The molecule has 1 amide bonds. The van der Waals surface area contributed by atoms with Gasteiger partial charge in [0.2, 0.25) is 0 Å². The van der Waals surface area contributed by atoms with E-state index in [2.05, 4.69) is 9.97 Å². The third kappa shape index (κ3) is 2.92. The van der Waals surface area contributed by atoms with Gasteiger partial charge in [-0.15, -0.1) is 0 Å². The Bertz CT molecular complexity index is 746. The lowest BCUT2D eigenvalue weighted by Crippen LogP contribution is -2.40. The van der Waals surface area contributed by atoms with E-state index in [9.17, 15) is 14.7 Å². The van der Waals surface area contributed by atoms with E-state index in [-0.39, 0.29) is 5.91 Å². The summed E-state index contributed by atoms with van der Waals surface area (Å²) in [5.74, 6) is -0.726. The van der Waals surface area contributed by atoms with Crippen LogP contribution in [-0.4, -0.2) is 44.4 Å². The predicted octanol–water partition coefficient (Wildman–Crippen LogP) is 2.14. The number of hydrogen-bond acceptors (Lipinski definition) is 4. The van der Waals surface area contributed by atoms with Crippen molar-refractivity contribution in [2.45, 2.75) is 25.8 Å². The molecule has 0 unspecified atom stereocenters. The number of amides is 1. The van der Waals surface area contributed by atoms with E-state index in [1.165, 1.54) is 11.1 Å². The average molecular weight is 311 g/mol. The van der Waals surface area contributed by atoms with Gasteiger partial charge in [-0.1, -0.05) is 30.3 Å². The zero-order valence-corrected chi connectivity index (χ0v) is 12.8. The monoisotopic (exact) mass is 311 g/mol. The Kier molecular flexibility index (Phi) is 4.06. The molecule has 2 aromatic rings. The highest BCUT2D eigenvalue weighted by Crippen LogP contribution is 2.26. The molecule has 6 nitrogen and oxygen atoms in total. The quantitative estimate of drug-likeness (QED) is 0.939. The van der Waals surface area contributed by atoms with Gasteiger partial charge in [0.1, 0.15) is 11.9 Å². The zero-order valence-electron chi connectivity index (χ0n) is 12.8. The summed E-state index contributed by atoms with van der Waals surface area (Å²) < 4.78 is 0. The zero-order chi connectivity index (χ0) is 16.4. The van der Waals surface area contributed by atoms with E-state index in [1.807, 2.05) is 30.3 Å². The maximum atomic E-state index is 12.8. The minimum Gasteiger partial charge on any atom is -0.480 e. The van der Waals surface area contributed by atoms with Crippen molar-refractivity contribution in [3.63, 3.8) is 0 Å². The van der Waals surface area contributed by atoms with Crippen molar-refractivity contribution < 1.29 is 14.7 Å². The number of carbonyl (C=O) groups is 2. The van der Waals surface area contributed by atoms with Crippen LogP contribution in [0.25, 0.3) is 11.3 Å². The van der Waals surface area contributed by atoms with Gasteiger partial charge >= 0.3 is 5.97 Å². The fourth-order valence-electron chi connectivity index (χ4n) is 2.86. The van der Waals surface area contributed by atoms with Crippen LogP contribution >= 0.6 is 0 Å². The second kappa shape index (κ2) is 6.16. The van der Waals surface area contributed by atoms with Crippen LogP contribution in [0.2, 0.25) is 0 Å². The fourth-order valence-corrected chi connectivity index (χ4v) is 2.86. The van der Waals surface area contributed by atoms with Gasteiger partial charge in [-0.2, -0.15) is 0 Å². The maximum Gasteiger partial charge on any atom is 0.326 e. The summed E-state index contributed by atoms with van der Waals surface area (Å²) in [6, 6.07) is 8.61. The highest BCUT2D eigenvalue weighted by atomic mass is 16.4. The smallest absolute Gasteiger partial charge is 0.326 e. The summed E-state index contributed by atoms with van der Waals surface area (Å²) in [7, 11) is 0. The summed E-state index contributed by atoms with van der Waals surface area (Å²) in [6.07, 6.45) is 2.66. The first-order chi connectivity index (χ1) is 11.1. The second-order valence-electron chi connectivity index (χ2n) is 5.54. The third-order valence-corrected chi connectivity index (χ3v) is 3.99. The standard InChI is InChI=1S/C17H17N3O3/c1-11-18-10-13(15(19-11)12-6-3-2-4-7-12)16(21)20-9-5-8-14(20)17(22)23/h2-4,6-7,10,14H,5,8-9H2,1H3,(H,22,23)/t14-/m0/s1. The van der Waals surface area contributed by atoms with Gasteiger partial charge < -0.3 is 10.0 Å². The van der Waals surface area contributed by atoms with Crippen molar-refractivity contribution in [3.05, 3.63) is 47.9 Å². The number of likely N-dealkylation sites (tertiary alicyclic amines) is 1. The first-order valence-electron chi connectivity index (χ1n) is 7.51. The van der Waals surface area contributed by atoms with Crippen molar-refractivity contribution in [1.82, 2.24) is 14.9 Å². The number of aliphatic carboxylic acids is 1. The van der Waals surface area contributed by atoms with Crippen LogP contribution in [0, 0.1) is 6.92 Å². The van der Waals surface area contributed by atoms with Crippen LogP contribution < -0.4 is 0 Å². The number of hydrogen-bond donors (Lipinski definition) is 1. The van der Waals surface area contributed by atoms with Crippen LogP contribution in [0.5, 0.6) is 0 Å². The Hall–Kier alpha value is -2.76. The molecule has 0 spiro atoms. The largest absolute Gasteiger partial charge is 0.480 e. The molecule has 6 heteroatoms. The first kappa shape index (κ1) is 15.1. The van der Waals surface area contributed by atoms with E-state index >= 15 is 0 Å². The van der Waals surface area contributed by atoms with Crippen molar-refractivity contribution in [1.29, 1.82) is 0 Å².